The molecule has 1 aliphatic rings. The molecule has 0 aliphatic carbocycles. The average Bonchev–Trinajstić information content (AvgIpc) is 2.60. The largest absolute Gasteiger partial charge is 0.433 e. The minimum atomic E-state index is -4.48. The van der Waals surface area contributed by atoms with E-state index in [0.29, 0.717) is 17.7 Å². The molecule has 0 N–H and O–H groups in total. The first kappa shape index (κ1) is 17.6. The third-order valence-corrected chi connectivity index (χ3v) is 4.65. The van der Waals surface area contributed by atoms with E-state index in [9.17, 15) is 18.0 Å². The van der Waals surface area contributed by atoms with E-state index in [1.165, 1.54) is 17.0 Å². The Hall–Kier alpha value is -2.22. The van der Waals surface area contributed by atoms with Crippen LogP contribution in [0.3, 0.4) is 0 Å². The van der Waals surface area contributed by atoms with Gasteiger partial charge in [0.05, 0.1) is 23.6 Å². The van der Waals surface area contributed by atoms with Gasteiger partial charge in [0.15, 0.2) is 0 Å². The Kier molecular flexibility index (Phi) is 4.64. The average molecular weight is 352 g/mol. The summed E-state index contributed by atoms with van der Waals surface area (Å²) >= 11 is 0. The van der Waals surface area contributed by atoms with Crippen molar-refractivity contribution in [2.24, 2.45) is 0 Å². The van der Waals surface area contributed by atoms with E-state index in [0.717, 1.165) is 37.5 Å². The number of fused-ring (bicyclic) bond motifs is 1. The molecule has 3 rings (SSSR count). The van der Waals surface area contributed by atoms with E-state index in [-0.39, 0.29) is 5.56 Å². The molecule has 0 amide bonds. The molecule has 2 aromatic heterocycles. The number of rotatable bonds is 3. The number of hydrogen-bond donors (Lipinski definition) is 0. The molecule has 0 spiro atoms. The van der Waals surface area contributed by atoms with Crippen molar-refractivity contribution in [3.8, 4) is 0 Å². The van der Waals surface area contributed by atoms with Gasteiger partial charge in [-0.3, -0.25) is 19.2 Å². The van der Waals surface area contributed by atoms with Crippen LogP contribution < -0.4 is 5.56 Å². The van der Waals surface area contributed by atoms with Gasteiger partial charge in [-0.2, -0.15) is 13.2 Å². The topological polar surface area (TPSA) is 51.0 Å². The van der Waals surface area contributed by atoms with Crippen LogP contribution in [0.15, 0.2) is 29.5 Å². The smallest absolute Gasteiger partial charge is 0.299 e. The summed E-state index contributed by atoms with van der Waals surface area (Å²) in [7, 11) is 0. The summed E-state index contributed by atoms with van der Waals surface area (Å²) in [5.41, 5.74) is 0.916. The van der Waals surface area contributed by atoms with Crippen LogP contribution >= 0.6 is 0 Å². The second-order valence-corrected chi connectivity index (χ2v) is 6.15. The number of halogens is 3. The minimum absolute atomic E-state index is 0.143. The van der Waals surface area contributed by atoms with Crippen molar-refractivity contribution in [3.05, 3.63) is 57.5 Å². The Labute approximate surface area is 143 Å². The Bertz CT molecular complexity index is 814. The highest BCUT2D eigenvalue weighted by molar-refractivity contribution is 5.23. The number of aromatic nitrogens is 3. The molecule has 8 heteroatoms. The second-order valence-electron chi connectivity index (χ2n) is 6.15. The number of hydrogen-bond acceptors (Lipinski definition) is 4. The quantitative estimate of drug-likeness (QED) is 0.852. The summed E-state index contributed by atoms with van der Waals surface area (Å²) in [4.78, 5) is 22.8. The molecule has 0 bridgehead atoms. The minimum Gasteiger partial charge on any atom is -0.299 e. The zero-order valence-electron chi connectivity index (χ0n) is 14.0. The van der Waals surface area contributed by atoms with Gasteiger partial charge in [-0.25, -0.2) is 4.98 Å². The summed E-state index contributed by atoms with van der Waals surface area (Å²) in [5.74, 6) is 0. The fourth-order valence-electron chi connectivity index (χ4n) is 3.01. The monoisotopic (exact) mass is 352 g/mol. The van der Waals surface area contributed by atoms with Crippen molar-refractivity contribution < 1.29 is 13.2 Å². The lowest BCUT2D eigenvalue weighted by atomic mass is 10.1. The molecule has 3 heterocycles. The molecule has 1 aliphatic heterocycles. The molecule has 0 saturated carbocycles. The van der Waals surface area contributed by atoms with Crippen LogP contribution in [0.2, 0.25) is 0 Å². The van der Waals surface area contributed by atoms with Crippen molar-refractivity contribution in [1.82, 2.24) is 19.4 Å². The van der Waals surface area contributed by atoms with Gasteiger partial charge in [-0.1, -0.05) is 13.0 Å². The zero-order valence-corrected chi connectivity index (χ0v) is 14.0. The van der Waals surface area contributed by atoms with Crippen LogP contribution in [0.4, 0.5) is 13.2 Å². The second kappa shape index (κ2) is 6.59. The lowest BCUT2D eigenvalue weighted by Crippen LogP contribution is -2.38. The standard InChI is InChI=1S/C17H19F3N4O/c1-3-23-7-6-14-13(9-23)16(25)24(10-22-14)11(2)12-4-5-15(21-8-12)17(18,19)20/h4-5,8,10-11H,3,6-7,9H2,1-2H3. The van der Waals surface area contributed by atoms with E-state index < -0.39 is 17.9 Å². The van der Waals surface area contributed by atoms with E-state index in [4.69, 9.17) is 0 Å². The molecular weight excluding hydrogens is 333 g/mol. The van der Waals surface area contributed by atoms with Gasteiger partial charge in [-0.15, -0.1) is 0 Å². The summed E-state index contributed by atoms with van der Waals surface area (Å²) < 4.78 is 39.4. The maximum Gasteiger partial charge on any atom is 0.433 e. The van der Waals surface area contributed by atoms with E-state index in [1.807, 2.05) is 6.92 Å². The molecule has 0 aromatic carbocycles. The van der Waals surface area contributed by atoms with E-state index in [1.54, 1.807) is 6.92 Å². The number of alkyl halides is 3. The predicted molar refractivity (Wildman–Crippen MR) is 86.2 cm³/mol. The van der Waals surface area contributed by atoms with Crippen molar-refractivity contribution in [1.29, 1.82) is 0 Å². The third kappa shape index (κ3) is 3.44. The normalized spacial score (nSPS) is 16.5. The maximum absolute atomic E-state index is 12.8. The Morgan fingerprint density at radius 1 is 1.28 bits per heavy atom. The fourth-order valence-corrected chi connectivity index (χ4v) is 3.01. The van der Waals surface area contributed by atoms with Crippen LogP contribution in [0.5, 0.6) is 0 Å². The molecule has 1 unspecified atom stereocenters. The maximum atomic E-state index is 12.8. The van der Waals surface area contributed by atoms with Crippen LogP contribution in [0.25, 0.3) is 0 Å². The van der Waals surface area contributed by atoms with Crippen LogP contribution in [-0.2, 0) is 19.1 Å². The lowest BCUT2D eigenvalue weighted by molar-refractivity contribution is -0.141. The van der Waals surface area contributed by atoms with Gasteiger partial charge in [-0.05, 0) is 25.1 Å². The Morgan fingerprint density at radius 2 is 2.04 bits per heavy atom. The lowest BCUT2D eigenvalue weighted by Gasteiger charge is -2.27. The highest BCUT2D eigenvalue weighted by Crippen LogP contribution is 2.28. The molecule has 1 atom stereocenters. The molecule has 0 radical (unpaired) electrons. The van der Waals surface area contributed by atoms with Crippen molar-refractivity contribution in [3.63, 3.8) is 0 Å². The van der Waals surface area contributed by atoms with Gasteiger partial charge in [0.2, 0.25) is 0 Å². The summed E-state index contributed by atoms with van der Waals surface area (Å²) in [5, 5.41) is 0. The van der Waals surface area contributed by atoms with Crippen molar-refractivity contribution in [2.45, 2.75) is 39.0 Å². The third-order valence-electron chi connectivity index (χ3n) is 4.65. The van der Waals surface area contributed by atoms with Crippen LogP contribution in [-0.4, -0.2) is 32.5 Å². The fraction of sp³-hybridized carbons (Fsp3) is 0.471. The molecule has 134 valence electrons. The summed E-state index contributed by atoms with van der Waals surface area (Å²) in [6, 6.07) is 1.84. The SMILES string of the molecule is CCN1CCc2ncn(C(C)c3ccc(C(F)(F)F)nc3)c(=O)c2C1. The molecular formula is C17H19F3N4O. The summed E-state index contributed by atoms with van der Waals surface area (Å²) in [6.45, 7) is 6.07. The van der Waals surface area contributed by atoms with Crippen LogP contribution in [0.1, 0.15) is 42.4 Å². The number of nitrogens with zero attached hydrogens (tertiary/aromatic N) is 4. The summed E-state index contributed by atoms with van der Waals surface area (Å²) in [6.07, 6.45) is -1.10. The Morgan fingerprint density at radius 3 is 2.64 bits per heavy atom. The number of likely N-dealkylation sites (N-methyl/N-ethyl adjacent to an activating group) is 1. The molecule has 25 heavy (non-hydrogen) atoms. The van der Waals surface area contributed by atoms with Gasteiger partial charge in [0, 0.05) is 25.7 Å². The number of pyridine rings is 1. The first-order chi connectivity index (χ1) is 11.8. The zero-order chi connectivity index (χ0) is 18.2. The first-order valence-electron chi connectivity index (χ1n) is 8.15. The highest BCUT2D eigenvalue weighted by Gasteiger charge is 2.32. The van der Waals surface area contributed by atoms with Crippen molar-refractivity contribution >= 4 is 0 Å². The van der Waals surface area contributed by atoms with E-state index >= 15 is 0 Å². The predicted octanol–water partition coefficient (Wildman–Crippen LogP) is 2.64. The molecule has 2 aromatic rings. The van der Waals surface area contributed by atoms with Gasteiger partial charge < -0.3 is 0 Å². The molecule has 0 fully saturated rings. The van der Waals surface area contributed by atoms with Gasteiger partial charge >= 0.3 is 6.18 Å². The Balaban J connectivity index is 1.93. The van der Waals surface area contributed by atoms with E-state index in [2.05, 4.69) is 14.9 Å². The van der Waals surface area contributed by atoms with Gasteiger partial charge in [0.1, 0.15) is 5.69 Å². The van der Waals surface area contributed by atoms with Gasteiger partial charge in [0.25, 0.3) is 5.56 Å². The highest BCUT2D eigenvalue weighted by atomic mass is 19.4. The molecule has 0 saturated heterocycles. The van der Waals surface area contributed by atoms with Crippen molar-refractivity contribution in [2.75, 3.05) is 13.1 Å². The molecule has 5 nitrogen and oxygen atoms in total. The van der Waals surface area contributed by atoms with Crippen LogP contribution in [0, 0.1) is 0 Å². The first-order valence-corrected chi connectivity index (χ1v) is 8.15.